The number of ketones is 1. The summed E-state index contributed by atoms with van der Waals surface area (Å²) in [7, 11) is 1.58. The van der Waals surface area contributed by atoms with E-state index in [0.717, 1.165) is 6.54 Å². The normalized spacial score (nSPS) is 22.1. The summed E-state index contributed by atoms with van der Waals surface area (Å²) in [5.41, 5.74) is 0.125. The fourth-order valence-electron chi connectivity index (χ4n) is 3.03. The van der Waals surface area contributed by atoms with Gasteiger partial charge in [0.15, 0.2) is 5.78 Å². The summed E-state index contributed by atoms with van der Waals surface area (Å²) in [6.45, 7) is 4.12. The first-order valence-corrected chi connectivity index (χ1v) is 8.08. The van der Waals surface area contributed by atoms with E-state index >= 15 is 0 Å². The fourth-order valence-corrected chi connectivity index (χ4v) is 3.03. The number of likely N-dealkylation sites (tertiary alicyclic amines) is 1. The van der Waals surface area contributed by atoms with Gasteiger partial charge in [-0.15, -0.1) is 0 Å². The molecule has 0 bridgehead atoms. The van der Waals surface area contributed by atoms with E-state index in [1.165, 1.54) is 5.56 Å². The van der Waals surface area contributed by atoms with Crippen molar-refractivity contribution in [1.82, 2.24) is 4.90 Å². The van der Waals surface area contributed by atoms with Crippen LogP contribution in [0.15, 0.2) is 30.3 Å². The SMILES string of the molecule is CCOC(=O)C1(CCOC)CCN(Cc2ccccc2)CC1=O. The zero-order valence-electron chi connectivity index (χ0n) is 13.9. The Morgan fingerprint density at radius 1 is 1.30 bits per heavy atom. The Labute approximate surface area is 137 Å². The highest BCUT2D eigenvalue weighted by Gasteiger charge is 2.49. The molecule has 0 radical (unpaired) electrons. The first-order valence-electron chi connectivity index (χ1n) is 8.08. The Bertz CT molecular complexity index is 531. The number of hydrogen-bond acceptors (Lipinski definition) is 5. The molecule has 23 heavy (non-hydrogen) atoms. The maximum atomic E-state index is 12.7. The van der Waals surface area contributed by atoms with Crippen LogP contribution in [0.25, 0.3) is 0 Å². The van der Waals surface area contributed by atoms with E-state index in [4.69, 9.17) is 9.47 Å². The second-order valence-electron chi connectivity index (χ2n) is 5.91. The van der Waals surface area contributed by atoms with Crippen molar-refractivity contribution >= 4 is 11.8 Å². The maximum absolute atomic E-state index is 12.7. The van der Waals surface area contributed by atoms with Crippen molar-refractivity contribution in [3.8, 4) is 0 Å². The van der Waals surface area contributed by atoms with Gasteiger partial charge in [-0.3, -0.25) is 14.5 Å². The van der Waals surface area contributed by atoms with E-state index in [9.17, 15) is 9.59 Å². The molecule has 1 aromatic carbocycles. The van der Waals surface area contributed by atoms with Crippen molar-refractivity contribution < 1.29 is 19.1 Å². The lowest BCUT2D eigenvalue weighted by Gasteiger charge is -2.38. The topological polar surface area (TPSA) is 55.8 Å². The second kappa shape index (κ2) is 8.22. The van der Waals surface area contributed by atoms with Crippen LogP contribution in [-0.2, 0) is 25.6 Å². The lowest BCUT2D eigenvalue weighted by Crippen LogP contribution is -2.52. The average Bonchev–Trinajstić information content (AvgIpc) is 2.55. The Kier molecular flexibility index (Phi) is 6.30. The summed E-state index contributed by atoms with van der Waals surface area (Å²) in [6, 6.07) is 10.0. The lowest BCUT2D eigenvalue weighted by atomic mass is 9.74. The molecule has 1 fully saturated rings. The number of hydrogen-bond donors (Lipinski definition) is 0. The zero-order valence-corrected chi connectivity index (χ0v) is 13.9. The third-order valence-corrected chi connectivity index (χ3v) is 4.40. The van der Waals surface area contributed by atoms with Gasteiger partial charge in [0.25, 0.3) is 0 Å². The number of carbonyl (C=O) groups is 2. The number of esters is 1. The smallest absolute Gasteiger partial charge is 0.319 e. The number of nitrogens with zero attached hydrogens (tertiary/aromatic N) is 1. The van der Waals surface area contributed by atoms with Crippen molar-refractivity contribution in [3.63, 3.8) is 0 Å². The van der Waals surface area contributed by atoms with E-state index < -0.39 is 11.4 Å². The Morgan fingerprint density at radius 3 is 2.65 bits per heavy atom. The molecular formula is C18H25NO4. The average molecular weight is 319 g/mol. The van der Waals surface area contributed by atoms with E-state index in [1.807, 2.05) is 30.3 Å². The number of benzene rings is 1. The zero-order chi connectivity index (χ0) is 16.7. The highest BCUT2D eigenvalue weighted by molar-refractivity contribution is 6.05. The van der Waals surface area contributed by atoms with Crippen LogP contribution in [0.4, 0.5) is 0 Å². The van der Waals surface area contributed by atoms with Crippen LogP contribution < -0.4 is 0 Å². The summed E-state index contributed by atoms with van der Waals surface area (Å²) >= 11 is 0. The molecule has 1 heterocycles. The predicted octanol–water partition coefficient (Wildman–Crippen LogP) is 2.05. The molecule has 1 aromatic rings. The fraction of sp³-hybridized carbons (Fsp3) is 0.556. The largest absolute Gasteiger partial charge is 0.465 e. The molecule has 0 spiro atoms. The van der Waals surface area contributed by atoms with Gasteiger partial charge in [-0.1, -0.05) is 30.3 Å². The molecule has 5 nitrogen and oxygen atoms in total. The number of methoxy groups -OCH3 is 1. The first kappa shape index (κ1) is 17.6. The van der Waals surface area contributed by atoms with Crippen LogP contribution in [-0.4, -0.2) is 50.1 Å². The summed E-state index contributed by atoms with van der Waals surface area (Å²) in [4.78, 5) is 27.2. The minimum atomic E-state index is -1.04. The summed E-state index contributed by atoms with van der Waals surface area (Å²) in [6.07, 6.45) is 0.876. The highest BCUT2D eigenvalue weighted by atomic mass is 16.5. The van der Waals surface area contributed by atoms with Gasteiger partial charge in [0, 0.05) is 26.8 Å². The quantitative estimate of drug-likeness (QED) is 0.569. The predicted molar refractivity (Wildman–Crippen MR) is 86.9 cm³/mol. The Hall–Kier alpha value is -1.72. The van der Waals surface area contributed by atoms with Crippen molar-refractivity contribution in [2.45, 2.75) is 26.3 Å². The van der Waals surface area contributed by atoms with Crippen LogP contribution in [0, 0.1) is 5.41 Å². The number of ether oxygens (including phenoxy) is 2. The van der Waals surface area contributed by atoms with E-state index in [2.05, 4.69) is 4.90 Å². The second-order valence-corrected chi connectivity index (χ2v) is 5.91. The molecule has 1 saturated heterocycles. The third kappa shape index (κ3) is 4.18. The minimum Gasteiger partial charge on any atom is -0.465 e. The third-order valence-electron chi connectivity index (χ3n) is 4.40. The van der Waals surface area contributed by atoms with E-state index in [-0.39, 0.29) is 18.9 Å². The van der Waals surface area contributed by atoms with Crippen molar-refractivity contribution in [2.75, 3.05) is 33.4 Å². The molecule has 0 aromatic heterocycles. The number of piperidine rings is 1. The van der Waals surface area contributed by atoms with Gasteiger partial charge < -0.3 is 9.47 Å². The van der Waals surface area contributed by atoms with Gasteiger partial charge in [0.2, 0.25) is 0 Å². The molecule has 1 aliphatic heterocycles. The van der Waals surface area contributed by atoms with Crippen LogP contribution >= 0.6 is 0 Å². The van der Waals surface area contributed by atoms with Gasteiger partial charge in [-0.2, -0.15) is 0 Å². The number of rotatable bonds is 7. The molecule has 126 valence electrons. The van der Waals surface area contributed by atoms with Crippen LogP contribution in [0.3, 0.4) is 0 Å². The minimum absolute atomic E-state index is 0.0600. The van der Waals surface area contributed by atoms with Gasteiger partial charge in [-0.25, -0.2) is 0 Å². The molecule has 1 aliphatic rings. The molecule has 1 unspecified atom stereocenters. The van der Waals surface area contributed by atoms with E-state index in [1.54, 1.807) is 14.0 Å². The monoisotopic (exact) mass is 319 g/mol. The van der Waals surface area contributed by atoms with Crippen LogP contribution in [0.5, 0.6) is 0 Å². The maximum Gasteiger partial charge on any atom is 0.319 e. The molecule has 0 aliphatic carbocycles. The Balaban J connectivity index is 2.06. The van der Waals surface area contributed by atoms with Crippen molar-refractivity contribution in [3.05, 3.63) is 35.9 Å². The van der Waals surface area contributed by atoms with Gasteiger partial charge in [0.05, 0.1) is 13.2 Å². The molecule has 0 saturated carbocycles. The standard InChI is InChI=1S/C18H25NO4/c1-3-23-17(21)18(10-12-22-2)9-11-19(14-16(18)20)13-15-7-5-4-6-8-15/h4-8H,3,9-14H2,1-2H3. The number of Topliss-reactive ketones (excluding diaryl/α,β-unsaturated/α-hetero) is 1. The summed E-state index contributed by atoms with van der Waals surface area (Å²) in [5.74, 6) is -0.461. The lowest BCUT2D eigenvalue weighted by molar-refractivity contribution is -0.165. The van der Waals surface area contributed by atoms with E-state index in [0.29, 0.717) is 26.0 Å². The molecule has 2 rings (SSSR count). The molecule has 0 amide bonds. The molecule has 0 N–H and O–H groups in total. The van der Waals surface area contributed by atoms with Crippen molar-refractivity contribution in [2.24, 2.45) is 5.41 Å². The van der Waals surface area contributed by atoms with Gasteiger partial charge in [0.1, 0.15) is 5.41 Å². The Morgan fingerprint density at radius 2 is 2.04 bits per heavy atom. The van der Waals surface area contributed by atoms with Crippen molar-refractivity contribution in [1.29, 1.82) is 0 Å². The van der Waals surface area contributed by atoms with Crippen LogP contribution in [0.1, 0.15) is 25.3 Å². The van der Waals surface area contributed by atoms with Gasteiger partial charge >= 0.3 is 5.97 Å². The van der Waals surface area contributed by atoms with Crippen LogP contribution in [0.2, 0.25) is 0 Å². The first-order chi connectivity index (χ1) is 11.1. The number of carbonyl (C=O) groups excluding carboxylic acids is 2. The summed E-state index contributed by atoms with van der Waals surface area (Å²) in [5, 5.41) is 0. The molecular weight excluding hydrogens is 294 g/mol. The summed E-state index contributed by atoms with van der Waals surface area (Å²) < 4.78 is 10.3. The molecule has 5 heteroatoms. The van der Waals surface area contributed by atoms with Gasteiger partial charge in [-0.05, 0) is 25.3 Å². The highest BCUT2D eigenvalue weighted by Crippen LogP contribution is 2.34. The molecule has 1 atom stereocenters.